The van der Waals surface area contributed by atoms with Crippen molar-refractivity contribution in [3.63, 3.8) is 0 Å². The number of pyridine rings is 1. The zero-order valence-electron chi connectivity index (χ0n) is 9.33. The second-order valence-corrected chi connectivity index (χ2v) is 3.71. The summed E-state index contributed by atoms with van der Waals surface area (Å²) in [6.45, 7) is 0. The Kier molecular flexibility index (Phi) is 3.05. The predicted octanol–water partition coefficient (Wildman–Crippen LogP) is 1.55. The summed E-state index contributed by atoms with van der Waals surface area (Å²) in [5.74, 6) is -1.53. The van der Waals surface area contributed by atoms with Gasteiger partial charge in [0.25, 0.3) is 0 Å². The molecule has 0 saturated heterocycles. The van der Waals surface area contributed by atoms with E-state index in [9.17, 15) is 9.59 Å². The topological polar surface area (TPSA) is 93.3 Å². The number of aromatic nitrogens is 1. The van der Waals surface area contributed by atoms with Gasteiger partial charge in [-0.3, -0.25) is 9.78 Å². The van der Waals surface area contributed by atoms with Gasteiger partial charge in [0, 0.05) is 23.5 Å². The quantitative estimate of drug-likeness (QED) is 0.853. The van der Waals surface area contributed by atoms with E-state index in [1.807, 2.05) is 0 Å². The molecule has 1 heterocycles. The van der Waals surface area contributed by atoms with Crippen LogP contribution < -0.4 is 5.73 Å². The molecule has 2 rings (SSSR count). The Morgan fingerprint density at radius 3 is 2.22 bits per heavy atom. The number of benzene rings is 1. The van der Waals surface area contributed by atoms with Gasteiger partial charge in [0.15, 0.2) is 0 Å². The van der Waals surface area contributed by atoms with Gasteiger partial charge >= 0.3 is 5.97 Å². The van der Waals surface area contributed by atoms with Crippen molar-refractivity contribution in [3.05, 3.63) is 53.9 Å². The van der Waals surface area contributed by atoms with Gasteiger partial charge in [-0.1, -0.05) is 12.1 Å². The normalized spacial score (nSPS) is 10.0. The molecular weight excluding hydrogens is 232 g/mol. The van der Waals surface area contributed by atoms with E-state index < -0.39 is 11.9 Å². The minimum Gasteiger partial charge on any atom is -0.478 e. The van der Waals surface area contributed by atoms with E-state index in [-0.39, 0.29) is 5.56 Å². The average molecular weight is 242 g/mol. The van der Waals surface area contributed by atoms with Crippen LogP contribution in [0.5, 0.6) is 0 Å². The standard InChI is InChI=1S/C13H10N2O3/c14-12(16)9-3-1-8(2-4-9)10-5-11(13(17)18)7-15-6-10/h1-7H,(H2,14,16)(H,17,18). The van der Waals surface area contributed by atoms with Gasteiger partial charge in [-0.05, 0) is 23.8 Å². The fourth-order valence-corrected chi connectivity index (χ4v) is 1.54. The fraction of sp³-hybridized carbons (Fsp3) is 0. The molecule has 0 aliphatic carbocycles. The van der Waals surface area contributed by atoms with Gasteiger partial charge in [-0.15, -0.1) is 0 Å². The number of hydrogen-bond acceptors (Lipinski definition) is 3. The number of aromatic carboxylic acids is 1. The Labute approximate surface area is 103 Å². The van der Waals surface area contributed by atoms with Crippen molar-refractivity contribution >= 4 is 11.9 Å². The molecule has 0 atom stereocenters. The number of amides is 1. The summed E-state index contributed by atoms with van der Waals surface area (Å²) in [7, 11) is 0. The number of carboxylic acid groups (broad SMARTS) is 1. The Hall–Kier alpha value is -2.69. The van der Waals surface area contributed by atoms with Crippen LogP contribution in [0.1, 0.15) is 20.7 Å². The first-order chi connectivity index (χ1) is 8.58. The van der Waals surface area contributed by atoms with Crippen molar-refractivity contribution in [1.82, 2.24) is 4.98 Å². The van der Waals surface area contributed by atoms with Crippen LogP contribution in [0, 0.1) is 0 Å². The summed E-state index contributed by atoms with van der Waals surface area (Å²) in [4.78, 5) is 25.6. The maximum Gasteiger partial charge on any atom is 0.337 e. The smallest absolute Gasteiger partial charge is 0.337 e. The molecule has 0 radical (unpaired) electrons. The Bertz CT molecular complexity index is 606. The number of carbonyl (C=O) groups excluding carboxylic acids is 1. The lowest BCUT2D eigenvalue weighted by Gasteiger charge is -2.03. The lowest BCUT2D eigenvalue weighted by Crippen LogP contribution is -2.10. The highest BCUT2D eigenvalue weighted by Crippen LogP contribution is 2.19. The maximum atomic E-state index is 10.9. The third-order valence-corrected chi connectivity index (χ3v) is 2.49. The second kappa shape index (κ2) is 4.67. The lowest BCUT2D eigenvalue weighted by atomic mass is 10.0. The molecule has 0 unspecified atom stereocenters. The second-order valence-electron chi connectivity index (χ2n) is 3.71. The molecule has 5 nitrogen and oxygen atoms in total. The summed E-state index contributed by atoms with van der Waals surface area (Å²) < 4.78 is 0. The molecular formula is C13H10N2O3. The SMILES string of the molecule is NC(=O)c1ccc(-c2cncc(C(=O)O)c2)cc1. The molecule has 3 N–H and O–H groups in total. The van der Waals surface area contributed by atoms with E-state index in [1.165, 1.54) is 12.3 Å². The minimum atomic E-state index is -1.03. The Balaban J connectivity index is 2.39. The summed E-state index contributed by atoms with van der Waals surface area (Å²) >= 11 is 0. The van der Waals surface area contributed by atoms with Crippen molar-refractivity contribution in [1.29, 1.82) is 0 Å². The molecule has 5 heteroatoms. The van der Waals surface area contributed by atoms with Gasteiger partial charge < -0.3 is 10.8 Å². The van der Waals surface area contributed by atoms with E-state index in [2.05, 4.69) is 4.98 Å². The molecule has 1 aromatic carbocycles. The lowest BCUT2D eigenvalue weighted by molar-refractivity contribution is 0.0696. The number of nitrogens with zero attached hydrogens (tertiary/aromatic N) is 1. The van der Waals surface area contributed by atoms with Crippen molar-refractivity contribution in [2.75, 3.05) is 0 Å². The number of hydrogen-bond donors (Lipinski definition) is 2. The summed E-state index contributed by atoms with van der Waals surface area (Å²) in [5.41, 5.74) is 7.10. The van der Waals surface area contributed by atoms with Gasteiger partial charge in [0.1, 0.15) is 0 Å². The van der Waals surface area contributed by atoms with Crippen LogP contribution in [-0.2, 0) is 0 Å². The highest BCUT2D eigenvalue weighted by Gasteiger charge is 2.06. The van der Waals surface area contributed by atoms with Crippen molar-refractivity contribution in [3.8, 4) is 11.1 Å². The first-order valence-electron chi connectivity index (χ1n) is 5.16. The van der Waals surface area contributed by atoms with Gasteiger partial charge in [0.2, 0.25) is 5.91 Å². The zero-order chi connectivity index (χ0) is 13.1. The molecule has 0 fully saturated rings. The molecule has 0 aliphatic heterocycles. The first-order valence-corrected chi connectivity index (χ1v) is 5.16. The van der Waals surface area contributed by atoms with Crippen LogP contribution in [0.3, 0.4) is 0 Å². The number of rotatable bonds is 3. The number of carboxylic acids is 1. The molecule has 18 heavy (non-hydrogen) atoms. The van der Waals surface area contributed by atoms with Gasteiger partial charge in [-0.25, -0.2) is 4.79 Å². The Morgan fingerprint density at radius 1 is 1.00 bits per heavy atom. The van der Waals surface area contributed by atoms with Gasteiger partial charge in [0.05, 0.1) is 5.56 Å². The zero-order valence-corrected chi connectivity index (χ0v) is 9.33. The van der Waals surface area contributed by atoms with Crippen LogP contribution >= 0.6 is 0 Å². The van der Waals surface area contributed by atoms with E-state index in [0.29, 0.717) is 11.1 Å². The summed E-state index contributed by atoms with van der Waals surface area (Å²) in [6.07, 6.45) is 2.84. The number of nitrogens with two attached hydrogens (primary N) is 1. The maximum absolute atomic E-state index is 10.9. The van der Waals surface area contributed by atoms with Crippen molar-refractivity contribution < 1.29 is 14.7 Å². The molecule has 1 aromatic heterocycles. The number of carbonyl (C=O) groups is 2. The van der Waals surface area contributed by atoms with E-state index in [4.69, 9.17) is 10.8 Å². The molecule has 0 aliphatic rings. The highest BCUT2D eigenvalue weighted by molar-refractivity contribution is 5.93. The van der Waals surface area contributed by atoms with E-state index in [0.717, 1.165) is 5.56 Å². The molecule has 0 bridgehead atoms. The first kappa shape index (κ1) is 11.8. The molecule has 0 saturated carbocycles. The highest BCUT2D eigenvalue weighted by atomic mass is 16.4. The van der Waals surface area contributed by atoms with E-state index in [1.54, 1.807) is 30.5 Å². The molecule has 90 valence electrons. The van der Waals surface area contributed by atoms with Crippen LogP contribution in [0.15, 0.2) is 42.7 Å². The summed E-state index contributed by atoms with van der Waals surface area (Å²) in [5, 5.41) is 8.87. The van der Waals surface area contributed by atoms with Crippen LogP contribution in [0.4, 0.5) is 0 Å². The monoisotopic (exact) mass is 242 g/mol. The van der Waals surface area contributed by atoms with Crippen LogP contribution in [0.2, 0.25) is 0 Å². The van der Waals surface area contributed by atoms with Crippen molar-refractivity contribution in [2.45, 2.75) is 0 Å². The fourth-order valence-electron chi connectivity index (χ4n) is 1.54. The third kappa shape index (κ3) is 2.35. The molecule has 0 spiro atoms. The molecule has 1 amide bonds. The van der Waals surface area contributed by atoms with Crippen LogP contribution in [0.25, 0.3) is 11.1 Å². The predicted molar refractivity (Wildman–Crippen MR) is 65.2 cm³/mol. The minimum absolute atomic E-state index is 0.117. The van der Waals surface area contributed by atoms with Gasteiger partial charge in [-0.2, -0.15) is 0 Å². The van der Waals surface area contributed by atoms with Crippen molar-refractivity contribution in [2.24, 2.45) is 5.73 Å². The number of primary amides is 1. The largest absolute Gasteiger partial charge is 0.478 e. The summed E-state index contributed by atoms with van der Waals surface area (Å²) in [6, 6.07) is 8.09. The molecule has 2 aromatic rings. The van der Waals surface area contributed by atoms with Crippen LogP contribution in [-0.4, -0.2) is 22.0 Å². The third-order valence-electron chi connectivity index (χ3n) is 2.49. The van der Waals surface area contributed by atoms with E-state index >= 15 is 0 Å². The Morgan fingerprint density at radius 2 is 1.67 bits per heavy atom. The average Bonchev–Trinajstić information content (AvgIpc) is 2.39.